The smallest absolute Gasteiger partial charge is 0.217 e. The predicted molar refractivity (Wildman–Crippen MR) is 54.1 cm³/mol. The van der Waals surface area contributed by atoms with Crippen molar-refractivity contribution in [1.29, 1.82) is 0 Å². The van der Waals surface area contributed by atoms with Gasteiger partial charge < -0.3 is 5.73 Å². The molecule has 3 heteroatoms. The standard InChI is InChI=1S/C8H11FN2.C2H6/c1-3-6-4-5(2)7(9)11-8(6)10;1-2/h4H,3H2,1-2H3,(H2,10,11);1-2H3. The third kappa shape index (κ3) is 3.01. The number of hydrogen-bond acceptors (Lipinski definition) is 2. The van der Waals surface area contributed by atoms with Crippen LogP contribution in [0, 0.1) is 12.9 Å². The van der Waals surface area contributed by atoms with Gasteiger partial charge in [0.15, 0.2) is 0 Å². The Bertz CT molecular complexity index is 272. The summed E-state index contributed by atoms with van der Waals surface area (Å²) in [4.78, 5) is 3.56. The monoisotopic (exact) mass is 184 g/mol. The van der Waals surface area contributed by atoms with Crippen molar-refractivity contribution in [3.8, 4) is 0 Å². The molecule has 2 N–H and O–H groups in total. The van der Waals surface area contributed by atoms with E-state index < -0.39 is 5.95 Å². The summed E-state index contributed by atoms with van der Waals surface area (Å²) in [6.07, 6.45) is 0.792. The van der Waals surface area contributed by atoms with Crippen LogP contribution in [0.5, 0.6) is 0 Å². The average molecular weight is 184 g/mol. The van der Waals surface area contributed by atoms with Gasteiger partial charge in [0.25, 0.3) is 0 Å². The largest absolute Gasteiger partial charge is 0.383 e. The van der Waals surface area contributed by atoms with E-state index >= 15 is 0 Å². The number of pyridine rings is 1. The second kappa shape index (κ2) is 5.51. The lowest BCUT2D eigenvalue weighted by molar-refractivity contribution is 0.575. The van der Waals surface area contributed by atoms with Crippen molar-refractivity contribution >= 4 is 5.82 Å². The second-order valence-electron chi connectivity index (χ2n) is 2.49. The molecule has 2 nitrogen and oxygen atoms in total. The van der Waals surface area contributed by atoms with E-state index in [0.717, 1.165) is 12.0 Å². The minimum atomic E-state index is -0.472. The number of nitrogen functional groups attached to an aromatic ring is 1. The minimum absolute atomic E-state index is 0.301. The van der Waals surface area contributed by atoms with E-state index in [-0.39, 0.29) is 0 Å². The number of aromatic nitrogens is 1. The van der Waals surface area contributed by atoms with Gasteiger partial charge >= 0.3 is 0 Å². The number of halogens is 1. The summed E-state index contributed by atoms with van der Waals surface area (Å²) in [5, 5.41) is 0. The number of nitrogens with zero attached hydrogens (tertiary/aromatic N) is 1. The van der Waals surface area contributed by atoms with Gasteiger partial charge in [-0.2, -0.15) is 4.39 Å². The molecule has 0 aliphatic carbocycles. The molecule has 0 aliphatic heterocycles. The third-order valence-corrected chi connectivity index (χ3v) is 1.64. The number of hydrogen-bond donors (Lipinski definition) is 1. The van der Waals surface area contributed by atoms with E-state index in [4.69, 9.17) is 5.73 Å². The van der Waals surface area contributed by atoms with Gasteiger partial charge in [-0.3, -0.25) is 0 Å². The summed E-state index contributed by atoms with van der Waals surface area (Å²) in [5.41, 5.74) is 6.91. The maximum Gasteiger partial charge on any atom is 0.217 e. The number of anilines is 1. The number of nitrogens with two attached hydrogens (primary N) is 1. The van der Waals surface area contributed by atoms with Crippen molar-refractivity contribution in [3.63, 3.8) is 0 Å². The Hall–Kier alpha value is -1.12. The maximum atomic E-state index is 12.7. The van der Waals surface area contributed by atoms with Gasteiger partial charge in [-0.05, 0) is 25.0 Å². The van der Waals surface area contributed by atoms with Crippen LogP contribution in [0.4, 0.5) is 10.2 Å². The van der Waals surface area contributed by atoms with Gasteiger partial charge in [0, 0.05) is 5.56 Å². The molecule has 1 heterocycles. The second-order valence-corrected chi connectivity index (χ2v) is 2.49. The molecule has 0 aliphatic rings. The van der Waals surface area contributed by atoms with Crippen LogP contribution in [0.3, 0.4) is 0 Å². The van der Waals surface area contributed by atoms with Crippen LogP contribution in [-0.2, 0) is 6.42 Å². The zero-order chi connectivity index (χ0) is 10.4. The Balaban J connectivity index is 0.000000671. The number of rotatable bonds is 1. The first-order valence-electron chi connectivity index (χ1n) is 4.56. The topological polar surface area (TPSA) is 38.9 Å². The summed E-state index contributed by atoms with van der Waals surface area (Å²) < 4.78 is 12.7. The zero-order valence-corrected chi connectivity index (χ0v) is 8.69. The van der Waals surface area contributed by atoms with Crippen molar-refractivity contribution < 1.29 is 4.39 Å². The molecule has 0 bridgehead atoms. The highest BCUT2D eigenvalue weighted by atomic mass is 19.1. The van der Waals surface area contributed by atoms with Crippen LogP contribution >= 0.6 is 0 Å². The fraction of sp³-hybridized carbons (Fsp3) is 0.500. The van der Waals surface area contributed by atoms with Gasteiger partial charge in [-0.15, -0.1) is 0 Å². The predicted octanol–water partition coefficient (Wildman–Crippen LogP) is 2.70. The molecule has 0 radical (unpaired) electrons. The highest BCUT2D eigenvalue weighted by Gasteiger charge is 2.03. The summed E-state index contributed by atoms with van der Waals surface area (Å²) in [6.45, 7) is 7.64. The van der Waals surface area contributed by atoms with E-state index in [1.807, 2.05) is 20.8 Å². The highest BCUT2D eigenvalue weighted by molar-refractivity contribution is 5.40. The van der Waals surface area contributed by atoms with Gasteiger partial charge in [-0.25, -0.2) is 4.98 Å². The Kier molecular flexibility index (Phi) is 5.04. The van der Waals surface area contributed by atoms with Crippen LogP contribution < -0.4 is 5.73 Å². The third-order valence-electron chi connectivity index (χ3n) is 1.64. The first kappa shape index (κ1) is 11.9. The van der Waals surface area contributed by atoms with Gasteiger partial charge in [0.05, 0.1) is 0 Å². The molecule has 1 aromatic rings. The normalized spacial score (nSPS) is 9.00. The van der Waals surface area contributed by atoms with Crippen LogP contribution in [0.15, 0.2) is 6.07 Å². The quantitative estimate of drug-likeness (QED) is 0.681. The molecule has 1 aromatic heterocycles. The molecule has 74 valence electrons. The van der Waals surface area contributed by atoms with E-state index in [1.54, 1.807) is 13.0 Å². The lowest BCUT2D eigenvalue weighted by Gasteiger charge is -2.02. The Morgan fingerprint density at radius 1 is 1.46 bits per heavy atom. The molecule has 0 amide bonds. The van der Waals surface area contributed by atoms with Gasteiger partial charge in [0.1, 0.15) is 5.82 Å². The average Bonchev–Trinajstić information content (AvgIpc) is 2.15. The van der Waals surface area contributed by atoms with E-state index in [9.17, 15) is 4.39 Å². The molecule has 0 saturated heterocycles. The lowest BCUT2D eigenvalue weighted by atomic mass is 10.1. The lowest BCUT2D eigenvalue weighted by Crippen LogP contribution is -2.00. The zero-order valence-electron chi connectivity index (χ0n) is 8.69. The van der Waals surface area contributed by atoms with Crippen LogP contribution in [0.2, 0.25) is 0 Å². The van der Waals surface area contributed by atoms with E-state index in [2.05, 4.69) is 4.98 Å². The summed E-state index contributed by atoms with van der Waals surface area (Å²) in [5.74, 6) is -0.171. The Morgan fingerprint density at radius 3 is 2.46 bits per heavy atom. The van der Waals surface area contributed by atoms with Gasteiger partial charge in [-0.1, -0.05) is 20.8 Å². The van der Waals surface area contributed by atoms with E-state index in [0.29, 0.717) is 11.4 Å². The fourth-order valence-electron chi connectivity index (χ4n) is 0.944. The molecule has 0 atom stereocenters. The summed E-state index contributed by atoms with van der Waals surface area (Å²) in [6, 6.07) is 1.73. The van der Waals surface area contributed by atoms with Gasteiger partial charge in [0.2, 0.25) is 5.95 Å². The molecule has 13 heavy (non-hydrogen) atoms. The Morgan fingerprint density at radius 2 is 2.00 bits per heavy atom. The SMILES string of the molecule is CC.CCc1cc(C)c(F)nc1N. The Labute approximate surface area is 79.0 Å². The highest BCUT2D eigenvalue weighted by Crippen LogP contribution is 2.13. The molecular weight excluding hydrogens is 167 g/mol. The first-order valence-corrected chi connectivity index (χ1v) is 4.56. The van der Waals surface area contributed by atoms with E-state index in [1.165, 1.54) is 0 Å². The molecule has 0 saturated carbocycles. The minimum Gasteiger partial charge on any atom is -0.383 e. The fourth-order valence-corrected chi connectivity index (χ4v) is 0.944. The molecular formula is C10H17FN2. The van der Waals surface area contributed by atoms with Crippen molar-refractivity contribution in [2.24, 2.45) is 0 Å². The van der Waals surface area contributed by atoms with Crippen molar-refractivity contribution in [3.05, 3.63) is 23.1 Å². The molecule has 0 spiro atoms. The van der Waals surface area contributed by atoms with Crippen LogP contribution in [0.1, 0.15) is 31.9 Å². The summed E-state index contributed by atoms with van der Waals surface area (Å²) >= 11 is 0. The molecule has 1 rings (SSSR count). The van der Waals surface area contributed by atoms with Crippen molar-refractivity contribution in [2.75, 3.05) is 5.73 Å². The molecule has 0 fully saturated rings. The first-order chi connectivity index (χ1) is 6.15. The van der Waals surface area contributed by atoms with Crippen LogP contribution in [-0.4, -0.2) is 4.98 Å². The molecule has 0 unspecified atom stereocenters. The van der Waals surface area contributed by atoms with Crippen molar-refractivity contribution in [1.82, 2.24) is 4.98 Å². The molecule has 0 aromatic carbocycles. The van der Waals surface area contributed by atoms with Crippen molar-refractivity contribution in [2.45, 2.75) is 34.1 Å². The number of aryl methyl sites for hydroxylation is 2. The maximum absolute atomic E-state index is 12.7. The van der Waals surface area contributed by atoms with Crippen LogP contribution in [0.25, 0.3) is 0 Å². The summed E-state index contributed by atoms with van der Waals surface area (Å²) in [7, 11) is 0.